The van der Waals surface area contributed by atoms with E-state index in [0.29, 0.717) is 5.75 Å². The number of rotatable bonds is 3. The van der Waals surface area contributed by atoms with Crippen molar-refractivity contribution in [2.75, 3.05) is 6.61 Å². The second-order valence-electron chi connectivity index (χ2n) is 3.38. The first-order valence-corrected chi connectivity index (χ1v) is 4.72. The first kappa shape index (κ1) is 9.65. The van der Waals surface area contributed by atoms with E-state index < -0.39 is 0 Å². The predicted molar refractivity (Wildman–Crippen MR) is 57.9 cm³/mol. The third-order valence-corrected chi connectivity index (χ3v) is 2.05. The normalized spacial score (nSPS) is 10.2. The smallest absolute Gasteiger partial charge is 0.167 e. The molecular weight excluding hydrogens is 190 g/mol. The molecule has 0 unspecified atom stereocenters. The van der Waals surface area contributed by atoms with Crippen molar-refractivity contribution in [2.24, 2.45) is 0 Å². The zero-order valence-corrected chi connectivity index (χ0v) is 8.43. The second kappa shape index (κ2) is 4.09. The first-order chi connectivity index (χ1) is 7.25. The third kappa shape index (κ3) is 2.31. The lowest BCUT2D eigenvalue weighted by molar-refractivity contribution is -0.118. The van der Waals surface area contributed by atoms with Crippen molar-refractivity contribution >= 4 is 16.6 Å². The summed E-state index contributed by atoms with van der Waals surface area (Å²) in [7, 11) is 0. The molecule has 0 radical (unpaired) electrons. The quantitative estimate of drug-likeness (QED) is 0.764. The lowest BCUT2D eigenvalue weighted by Gasteiger charge is -2.04. The molecule has 2 rings (SSSR count). The molecule has 0 atom stereocenters. The molecule has 0 aliphatic rings. The van der Waals surface area contributed by atoms with Crippen LogP contribution in [0.2, 0.25) is 0 Å². The minimum absolute atomic E-state index is 0.0151. The van der Waals surface area contributed by atoms with Gasteiger partial charge in [-0.1, -0.05) is 6.07 Å². The second-order valence-corrected chi connectivity index (χ2v) is 3.38. The van der Waals surface area contributed by atoms with Crippen molar-refractivity contribution in [3.8, 4) is 5.75 Å². The molecule has 2 aromatic rings. The maximum atomic E-state index is 10.7. The standard InChI is InChI=1S/C12H11NO2/c1-9(14)8-15-12-3-2-10-4-5-13-7-11(10)6-12/h2-7H,8H2,1H3. The van der Waals surface area contributed by atoms with Gasteiger partial charge in [0, 0.05) is 17.8 Å². The SMILES string of the molecule is CC(=O)COc1ccc2ccncc2c1. The molecule has 3 nitrogen and oxygen atoms in total. The molecule has 0 amide bonds. The van der Waals surface area contributed by atoms with Gasteiger partial charge in [-0.25, -0.2) is 0 Å². The van der Waals surface area contributed by atoms with E-state index in [1.165, 1.54) is 6.92 Å². The highest BCUT2D eigenvalue weighted by molar-refractivity contribution is 5.83. The fraction of sp³-hybridized carbons (Fsp3) is 0.167. The van der Waals surface area contributed by atoms with E-state index in [4.69, 9.17) is 4.74 Å². The van der Waals surface area contributed by atoms with Crippen molar-refractivity contribution in [1.29, 1.82) is 0 Å². The highest BCUT2D eigenvalue weighted by atomic mass is 16.5. The third-order valence-electron chi connectivity index (χ3n) is 2.05. The van der Waals surface area contributed by atoms with E-state index in [1.54, 1.807) is 12.4 Å². The van der Waals surface area contributed by atoms with Crippen LogP contribution in [0.25, 0.3) is 10.8 Å². The first-order valence-electron chi connectivity index (χ1n) is 4.72. The number of fused-ring (bicyclic) bond motifs is 1. The van der Waals surface area contributed by atoms with Crippen LogP contribution in [0.3, 0.4) is 0 Å². The molecule has 1 heterocycles. The van der Waals surface area contributed by atoms with E-state index in [1.807, 2.05) is 24.3 Å². The number of ether oxygens (including phenoxy) is 1. The summed E-state index contributed by atoms with van der Waals surface area (Å²) < 4.78 is 5.30. The highest BCUT2D eigenvalue weighted by Gasteiger charge is 1.98. The summed E-state index contributed by atoms with van der Waals surface area (Å²) in [5.41, 5.74) is 0. The summed E-state index contributed by atoms with van der Waals surface area (Å²) in [6, 6.07) is 7.62. The molecule has 0 saturated carbocycles. The molecule has 0 fully saturated rings. The molecular formula is C12H11NO2. The molecule has 3 heteroatoms. The van der Waals surface area contributed by atoms with E-state index in [9.17, 15) is 4.79 Å². The van der Waals surface area contributed by atoms with Gasteiger partial charge >= 0.3 is 0 Å². The van der Waals surface area contributed by atoms with Crippen LogP contribution >= 0.6 is 0 Å². The Morgan fingerprint density at radius 2 is 2.20 bits per heavy atom. The van der Waals surface area contributed by atoms with Gasteiger partial charge in [0.1, 0.15) is 12.4 Å². The number of ketones is 1. The van der Waals surface area contributed by atoms with Gasteiger partial charge in [-0.3, -0.25) is 9.78 Å². The average Bonchev–Trinajstić information content (AvgIpc) is 2.26. The lowest BCUT2D eigenvalue weighted by Crippen LogP contribution is -2.06. The monoisotopic (exact) mass is 201 g/mol. The fourth-order valence-electron chi connectivity index (χ4n) is 1.34. The zero-order chi connectivity index (χ0) is 10.7. The Balaban J connectivity index is 2.26. The molecule has 0 saturated heterocycles. The van der Waals surface area contributed by atoms with Crippen molar-refractivity contribution in [3.05, 3.63) is 36.7 Å². The Labute approximate surface area is 87.7 Å². The molecule has 15 heavy (non-hydrogen) atoms. The van der Waals surface area contributed by atoms with Crippen molar-refractivity contribution < 1.29 is 9.53 Å². The average molecular weight is 201 g/mol. The summed E-state index contributed by atoms with van der Waals surface area (Å²) in [5, 5.41) is 2.12. The fourth-order valence-corrected chi connectivity index (χ4v) is 1.34. The number of hydrogen-bond donors (Lipinski definition) is 0. The molecule has 1 aromatic heterocycles. The van der Waals surface area contributed by atoms with Gasteiger partial charge in [0.05, 0.1) is 0 Å². The molecule has 0 aliphatic heterocycles. The van der Waals surface area contributed by atoms with Gasteiger partial charge in [-0.15, -0.1) is 0 Å². The summed E-state index contributed by atoms with van der Waals surface area (Å²) in [4.78, 5) is 14.8. The number of benzene rings is 1. The van der Waals surface area contributed by atoms with Crippen LogP contribution in [0.5, 0.6) is 5.75 Å². The van der Waals surface area contributed by atoms with E-state index >= 15 is 0 Å². The van der Waals surface area contributed by atoms with Gasteiger partial charge in [0.2, 0.25) is 0 Å². The number of hydrogen-bond acceptors (Lipinski definition) is 3. The Morgan fingerprint density at radius 3 is 3.00 bits per heavy atom. The molecule has 0 aliphatic carbocycles. The summed E-state index contributed by atoms with van der Waals surface area (Å²) in [6.07, 6.45) is 3.52. The van der Waals surface area contributed by atoms with Crippen LogP contribution in [0.15, 0.2) is 36.7 Å². The predicted octanol–water partition coefficient (Wildman–Crippen LogP) is 2.20. The van der Waals surface area contributed by atoms with E-state index in [0.717, 1.165) is 10.8 Å². The lowest BCUT2D eigenvalue weighted by atomic mass is 10.2. The zero-order valence-electron chi connectivity index (χ0n) is 8.43. The maximum absolute atomic E-state index is 10.7. The minimum Gasteiger partial charge on any atom is -0.486 e. The Kier molecular flexibility index (Phi) is 2.63. The molecule has 0 spiro atoms. The van der Waals surface area contributed by atoms with Gasteiger partial charge in [-0.2, -0.15) is 0 Å². The number of Topliss-reactive ketones (excluding diaryl/α,β-unsaturated/α-hetero) is 1. The summed E-state index contributed by atoms with van der Waals surface area (Å²) in [5.74, 6) is 0.715. The van der Waals surface area contributed by atoms with Gasteiger partial charge in [-0.05, 0) is 30.5 Å². The summed E-state index contributed by atoms with van der Waals surface area (Å²) >= 11 is 0. The van der Waals surface area contributed by atoms with Crippen LogP contribution in [0, 0.1) is 0 Å². The van der Waals surface area contributed by atoms with Crippen LogP contribution in [0.4, 0.5) is 0 Å². The maximum Gasteiger partial charge on any atom is 0.167 e. The molecule has 1 aromatic carbocycles. The number of aromatic nitrogens is 1. The van der Waals surface area contributed by atoms with Crippen LogP contribution in [-0.2, 0) is 4.79 Å². The van der Waals surface area contributed by atoms with Crippen LogP contribution in [0.1, 0.15) is 6.92 Å². The summed E-state index contributed by atoms with van der Waals surface area (Å²) in [6.45, 7) is 1.62. The number of pyridine rings is 1. The van der Waals surface area contributed by atoms with Crippen molar-refractivity contribution in [2.45, 2.75) is 6.92 Å². The van der Waals surface area contributed by atoms with Crippen LogP contribution < -0.4 is 4.74 Å². The van der Waals surface area contributed by atoms with Crippen molar-refractivity contribution in [3.63, 3.8) is 0 Å². The largest absolute Gasteiger partial charge is 0.486 e. The Hall–Kier alpha value is -1.90. The van der Waals surface area contributed by atoms with E-state index in [2.05, 4.69) is 4.98 Å². The highest BCUT2D eigenvalue weighted by Crippen LogP contribution is 2.19. The van der Waals surface area contributed by atoms with Gasteiger partial charge < -0.3 is 4.74 Å². The number of carbonyl (C=O) groups is 1. The Bertz CT molecular complexity index is 494. The van der Waals surface area contributed by atoms with Crippen molar-refractivity contribution in [1.82, 2.24) is 4.98 Å². The number of carbonyl (C=O) groups excluding carboxylic acids is 1. The minimum atomic E-state index is 0.0151. The molecule has 0 N–H and O–H groups in total. The van der Waals surface area contributed by atoms with Gasteiger partial charge in [0.15, 0.2) is 5.78 Å². The van der Waals surface area contributed by atoms with Gasteiger partial charge in [0.25, 0.3) is 0 Å². The van der Waals surface area contributed by atoms with E-state index in [-0.39, 0.29) is 12.4 Å². The van der Waals surface area contributed by atoms with Crippen LogP contribution in [-0.4, -0.2) is 17.4 Å². The molecule has 0 bridgehead atoms. The Morgan fingerprint density at radius 1 is 1.33 bits per heavy atom. The molecule has 76 valence electrons. The topological polar surface area (TPSA) is 39.2 Å². The number of nitrogens with zero attached hydrogens (tertiary/aromatic N) is 1.